The molecule has 2 N–H and O–H groups in total. The first-order chi connectivity index (χ1) is 7.69. The Morgan fingerprint density at radius 1 is 1.44 bits per heavy atom. The van der Waals surface area contributed by atoms with E-state index >= 15 is 0 Å². The fourth-order valence-electron chi connectivity index (χ4n) is 1.59. The fourth-order valence-corrected chi connectivity index (χ4v) is 1.59. The van der Waals surface area contributed by atoms with Gasteiger partial charge in [0, 0.05) is 24.1 Å². The molecular weight excluding hydrogens is 202 g/mol. The van der Waals surface area contributed by atoms with Crippen molar-refractivity contribution < 1.29 is 4.74 Å². The van der Waals surface area contributed by atoms with E-state index < -0.39 is 0 Å². The summed E-state index contributed by atoms with van der Waals surface area (Å²) >= 11 is 0. The lowest BCUT2D eigenvalue weighted by Gasteiger charge is -2.11. The highest BCUT2D eigenvalue weighted by Gasteiger charge is 2.27. The first kappa shape index (κ1) is 11.3. The van der Waals surface area contributed by atoms with Crippen molar-refractivity contribution in [3.63, 3.8) is 0 Å². The molecule has 1 fully saturated rings. The lowest BCUT2D eigenvalue weighted by atomic mass is 10.2. The Kier molecular flexibility index (Phi) is 3.39. The molecule has 1 aliphatic rings. The van der Waals surface area contributed by atoms with Gasteiger partial charge in [-0.1, -0.05) is 0 Å². The van der Waals surface area contributed by atoms with Gasteiger partial charge in [-0.05, 0) is 33.2 Å². The smallest absolute Gasteiger partial charge is 0.217 e. The maximum atomic E-state index is 5.63. The molecule has 1 aromatic heterocycles. The molecule has 1 aromatic rings. The van der Waals surface area contributed by atoms with E-state index in [0.29, 0.717) is 18.3 Å². The highest BCUT2D eigenvalue weighted by molar-refractivity contribution is 5.20. The second kappa shape index (κ2) is 4.78. The van der Waals surface area contributed by atoms with Gasteiger partial charge in [0.05, 0.1) is 6.10 Å². The average Bonchev–Trinajstić information content (AvgIpc) is 2.99. The quantitative estimate of drug-likeness (QED) is 0.821. The number of hydrogen-bond donors (Lipinski definition) is 1. The summed E-state index contributed by atoms with van der Waals surface area (Å²) in [4.78, 5) is 8.96. The standard InChI is InChI=1S/C12H19N3O/c1-8(2)16-11-7-10(5-6-13)14-12(15-11)9-3-4-9/h7-9H,3-6,13H2,1-2H3. The number of nitrogens with zero attached hydrogens (tertiary/aromatic N) is 2. The number of rotatable bonds is 5. The van der Waals surface area contributed by atoms with Crippen molar-refractivity contribution in [3.8, 4) is 5.88 Å². The monoisotopic (exact) mass is 221 g/mol. The highest BCUT2D eigenvalue weighted by Crippen LogP contribution is 2.38. The highest BCUT2D eigenvalue weighted by atomic mass is 16.5. The molecule has 0 unspecified atom stereocenters. The molecule has 4 heteroatoms. The minimum atomic E-state index is 0.146. The molecule has 0 aromatic carbocycles. The summed E-state index contributed by atoms with van der Waals surface area (Å²) in [6.45, 7) is 4.62. The minimum Gasteiger partial charge on any atom is -0.475 e. The summed E-state index contributed by atoms with van der Waals surface area (Å²) in [5.41, 5.74) is 6.55. The van der Waals surface area contributed by atoms with E-state index in [1.807, 2.05) is 19.9 Å². The molecule has 16 heavy (non-hydrogen) atoms. The molecule has 4 nitrogen and oxygen atoms in total. The molecule has 0 atom stereocenters. The molecular formula is C12H19N3O. The lowest BCUT2D eigenvalue weighted by Crippen LogP contribution is -2.11. The maximum Gasteiger partial charge on any atom is 0.217 e. The Labute approximate surface area is 96.2 Å². The molecule has 0 saturated heterocycles. The topological polar surface area (TPSA) is 61.0 Å². The Balaban J connectivity index is 2.21. The van der Waals surface area contributed by atoms with Crippen molar-refractivity contribution in [1.82, 2.24) is 9.97 Å². The van der Waals surface area contributed by atoms with Crippen LogP contribution in [0.2, 0.25) is 0 Å². The predicted octanol–water partition coefficient (Wildman–Crippen LogP) is 1.64. The average molecular weight is 221 g/mol. The zero-order valence-corrected chi connectivity index (χ0v) is 9.94. The summed E-state index contributed by atoms with van der Waals surface area (Å²) in [5, 5.41) is 0. The van der Waals surface area contributed by atoms with Gasteiger partial charge in [0.2, 0.25) is 5.88 Å². The third kappa shape index (κ3) is 2.92. The molecule has 1 saturated carbocycles. The van der Waals surface area contributed by atoms with Gasteiger partial charge in [0.1, 0.15) is 5.82 Å². The van der Waals surface area contributed by atoms with E-state index in [-0.39, 0.29) is 6.10 Å². The van der Waals surface area contributed by atoms with Crippen LogP contribution in [0.4, 0.5) is 0 Å². The molecule has 2 rings (SSSR count). The zero-order valence-electron chi connectivity index (χ0n) is 9.94. The van der Waals surface area contributed by atoms with Crippen LogP contribution in [0, 0.1) is 0 Å². The molecule has 1 heterocycles. The Bertz CT molecular complexity index is 361. The molecule has 0 amide bonds. The molecule has 0 aliphatic heterocycles. The van der Waals surface area contributed by atoms with Crippen LogP contribution in [0.1, 0.15) is 44.1 Å². The largest absolute Gasteiger partial charge is 0.475 e. The maximum absolute atomic E-state index is 5.63. The number of ether oxygens (including phenoxy) is 1. The van der Waals surface area contributed by atoms with Crippen LogP contribution >= 0.6 is 0 Å². The van der Waals surface area contributed by atoms with Crippen LogP contribution in [0.5, 0.6) is 5.88 Å². The SMILES string of the molecule is CC(C)Oc1cc(CCN)nc(C2CC2)n1. The second-order valence-electron chi connectivity index (χ2n) is 4.54. The van der Waals surface area contributed by atoms with Crippen molar-refractivity contribution in [3.05, 3.63) is 17.6 Å². The van der Waals surface area contributed by atoms with E-state index in [1.165, 1.54) is 12.8 Å². The van der Waals surface area contributed by atoms with Gasteiger partial charge < -0.3 is 10.5 Å². The van der Waals surface area contributed by atoms with E-state index in [9.17, 15) is 0 Å². The van der Waals surface area contributed by atoms with Gasteiger partial charge in [-0.15, -0.1) is 0 Å². The Morgan fingerprint density at radius 2 is 2.19 bits per heavy atom. The van der Waals surface area contributed by atoms with E-state index in [4.69, 9.17) is 10.5 Å². The Hall–Kier alpha value is -1.16. The Morgan fingerprint density at radius 3 is 2.75 bits per heavy atom. The van der Waals surface area contributed by atoms with Crippen LogP contribution in [-0.2, 0) is 6.42 Å². The third-order valence-corrected chi connectivity index (χ3v) is 2.47. The van der Waals surface area contributed by atoms with E-state index in [0.717, 1.165) is 17.9 Å². The van der Waals surface area contributed by atoms with Gasteiger partial charge in [0.15, 0.2) is 0 Å². The van der Waals surface area contributed by atoms with Gasteiger partial charge in [-0.25, -0.2) is 4.98 Å². The van der Waals surface area contributed by atoms with E-state index in [1.54, 1.807) is 0 Å². The molecule has 0 spiro atoms. The van der Waals surface area contributed by atoms with Crippen LogP contribution in [0.3, 0.4) is 0 Å². The predicted molar refractivity (Wildman–Crippen MR) is 62.5 cm³/mol. The number of nitrogens with two attached hydrogens (primary N) is 1. The van der Waals surface area contributed by atoms with Gasteiger partial charge in [0.25, 0.3) is 0 Å². The molecule has 88 valence electrons. The summed E-state index contributed by atoms with van der Waals surface area (Å²) in [6, 6.07) is 1.90. The summed E-state index contributed by atoms with van der Waals surface area (Å²) in [5.74, 6) is 2.17. The van der Waals surface area contributed by atoms with Crippen molar-refractivity contribution >= 4 is 0 Å². The van der Waals surface area contributed by atoms with Crippen molar-refractivity contribution in [2.24, 2.45) is 5.73 Å². The first-order valence-electron chi connectivity index (χ1n) is 5.93. The normalized spacial score (nSPS) is 15.5. The number of aromatic nitrogens is 2. The molecule has 1 aliphatic carbocycles. The minimum absolute atomic E-state index is 0.146. The first-order valence-corrected chi connectivity index (χ1v) is 5.93. The van der Waals surface area contributed by atoms with Gasteiger partial charge in [-0.3, -0.25) is 0 Å². The van der Waals surface area contributed by atoms with Crippen LogP contribution in [0.15, 0.2) is 6.07 Å². The van der Waals surface area contributed by atoms with Gasteiger partial charge in [-0.2, -0.15) is 4.98 Å². The van der Waals surface area contributed by atoms with Crippen molar-refractivity contribution in [2.75, 3.05) is 6.54 Å². The van der Waals surface area contributed by atoms with E-state index in [2.05, 4.69) is 9.97 Å². The molecule has 0 radical (unpaired) electrons. The third-order valence-electron chi connectivity index (χ3n) is 2.47. The lowest BCUT2D eigenvalue weighted by molar-refractivity contribution is 0.231. The summed E-state index contributed by atoms with van der Waals surface area (Å²) < 4.78 is 5.63. The van der Waals surface area contributed by atoms with Crippen molar-refractivity contribution in [1.29, 1.82) is 0 Å². The second-order valence-corrected chi connectivity index (χ2v) is 4.54. The molecule has 0 bridgehead atoms. The zero-order chi connectivity index (χ0) is 11.5. The van der Waals surface area contributed by atoms with Crippen LogP contribution in [0.25, 0.3) is 0 Å². The van der Waals surface area contributed by atoms with Crippen molar-refractivity contribution in [2.45, 2.75) is 45.1 Å². The van der Waals surface area contributed by atoms with Gasteiger partial charge >= 0.3 is 0 Å². The summed E-state index contributed by atoms with van der Waals surface area (Å²) in [7, 11) is 0. The van der Waals surface area contributed by atoms with Crippen LogP contribution < -0.4 is 10.5 Å². The number of hydrogen-bond acceptors (Lipinski definition) is 4. The summed E-state index contributed by atoms with van der Waals surface area (Å²) in [6.07, 6.45) is 3.34. The fraction of sp³-hybridized carbons (Fsp3) is 0.667. The van der Waals surface area contributed by atoms with Crippen LogP contribution in [-0.4, -0.2) is 22.6 Å².